The number of carbonyl (C=O) groups is 2. The van der Waals surface area contributed by atoms with Crippen molar-refractivity contribution in [3.63, 3.8) is 0 Å². The third-order valence-electron chi connectivity index (χ3n) is 4.45. The zero-order valence-electron chi connectivity index (χ0n) is 12.3. The average Bonchev–Trinajstić information content (AvgIpc) is 2.76. The van der Waals surface area contributed by atoms with Crippen molar-refractivity contribution in [2.45, 2.75) is 25.9 Å². The molecule has 0 spiro atoms. The molecule has 0 aliphatic carbocycles. The summed E-state index contributed by atoms with van der Waals surface area (Å²) in [6.45, 7) is 2.46. The third kappa shape index (κ3) is 1.84. The molecule has 0 bridgehead atoms. The molecule has 22 heavy (non-hydrogen) atoms. The summed E-state index contributed by atoms with van der Waals surface area (Å²) < 4.78 is 0. The molecule has 1 atom stereocenters. The fourth-order valence-corrected chi connectivity index (χ4v) is 3.32. The molecule has 2 aliphatic rings. The van der Waals surface area contributed by atoms with Crippen molar-refractivity contribution in [3.05, 3.63) is 65.2 Å². The number of benzene rings is 2. The minimum absolute atomic E-state index is 0.120. The highest BCUT2D eigenvalue weighted by atomic mass is 16.2. The van der Waals surface area contributed by atoms with E-state index >= 15 is 0 Å². The number of aryl methyl sites for hydroxylation is 1. The van der Waals surface area contributed by atoms with E-state index in [1.54, 1.807) is 4.90 Å². The van der Waals surface area contributed by atoms with Gasteiger partial charge in [0, 0.05) is 13.0 Å². The first-order chi connectivity index (χ1) is 10.6. The fraction of sp³-hybridized carbons (Fsp3) is 0.222. The summed E-state index contributed by atoms with van der Waals surface area (Å²) in [6.07, 6.45) is 0.600. The summed E-state index contributed by atoms with van der Waals surface area (Å²) in [4.78, 5) is 28.4. The normalized spacial score (nSPS) is 20.1. The van der Waals surface area contributed by atoms with E-state index < -0.39 is 0 Å². The number of amides is 3. The van der Waals surface area contributed by atoms with Gasteiger partial charge in [-0.05, 0) is 35.7 Å². The zero-order valence-corrected chi connectivity index (χ0v) is 12.3. The molecular weight excluding hydrogens is 276 g/mol. The average molecular weight is 292 g/mol. The molecule has 2 aliphatic heterocycles. The number of rotatable bonds is 1. The van der Waals surface area contributed by atoms with Gasteiger partial charge in [0.15, 0.2) is 0 Å². The Bertz CT molecular complexity index is 741. The Morgan fingerprint density at radius 1 is 1.00 bits per heavy atom. The molecule has 0 N–H and O–H groups in total. The van der Waals surface area contributed by atoms with E-state index in [0.717, 1.165) is 16.7 Å². The molecule has 1 saturated heterocycles. The predicted molar refractivity (Wildman–Crippen MR) is 83.5 cm³/mol. The van der Waals surface area contributed by atoms with Crippen LogP contribution in [0.25, 0.3) is 0 Å². The Balaban J connectivity index is 1.73. The van der Waals surface area contributed by atoms with E-state index in [0.29, 0.717) is 18.7 Å². The van der Waals surface area contributed by atoms with Gasteiger partial charge in [-0.25, -0.2) is 9.69 Å². The van der Waals surface area contributed by atoms with Crippen molar-refractivity contribution in [1.29, 1.82) is 0 Å². The van der Waals surface area contributed by atoms with Crippen molar-refractivity contribution in [2.24, 2.45) is 0 Å². The molecule has 0 aromatic heterocycles. The van der Waals surface area contributed by atoms with Crippen molar-refractivity contribution in [2.75, 3.05) is 4.90 Å². The molecule has 1 fully saturated rings. The summed E-state index contributed by atoms with van der Waals surface area (Å²) in [6, 6.07) is 15.0. The van der Waals surface area contributed by atoms with Crippen LogP contribution in [-0.4, -0.2) is 22.9 Å². The van der Waals surface area contributed by atoms with Gasteiger partial charge in [-0.3, -0.25) is 4.79 Å². The second-order valence-electron chi connectivity index (χ2n) is 5.91. The molecule has 4 nitrogen and oxygen atoms in total. The van der Waals surface area contributed by atoms with Gasteiger partial charge < -0.3 is 4.90 Å². The largest absolute Gasteiger partial charge is 0.332 e. The number of imide groups is 1. The number of carbonyl (C=O) groups excluding carboxylic acids is 2. The van der Waals surface area contributed by atoms with Crippen molar-refractivity contribution >= 4 is 17.6 Å². The lowest BCUT2D eigenvalue weighted by Gasteiger charge is -2.28. The van der Waals surface area contributed by atoms with Crippen LogP contribution in [0.15, 0.2) is 48.5 Å². The molecule has 4 heteroatoms. The summed E-state index contributed by atoms with van der Waals surface area (Å²) in [7, 11) is 0. The van der Waals surface area contributed by atoms with Gasteiger partial charge in [-0.15, -0.1) is 0 Å². The Morgan fingerprint density at radius 2 is 1.77 bits per heavy atom. The molecule has 3 amide bonds. The van der Waals surface area contributed by atoms with E-state index in [1.807, 2.05) is 55.5 Å². The van der Waals surface area contributed by atoms with Crippen molar-refractivity contribution in [1.82, 2.24) is 4.90 Å². The van der Waals surface area contributed by atoms with Crippen LogP contribution in [0.1, 0.15) is 16.7 Å². The Hall–Kier alpha value is -2.62. The lowest BCUT2D eigenvalue weighted by molar-refractivity contribution is -0.119. The minimum Gasteiger partial charge on any atom is -0.307 e. The predicted octanol–water partition coefficient (Wildman–Crippen LogP) is 2.89. The van der Waals surface area contributed by atoms with Crippen LogP contribution in [0.2, 0.25) is 0 Å². The quantitative estimate of drug-likeness (QED) is 0.758. The highest BCUT2D eigenvalue weighted by Crippen LogP contribution is 2.32. The van der Waals surface area contributed by atoms with Crippen molar-refractivity contribution < 1.29 is 9.59 Å². The number of hydrogen-bond acceptors (Lipinski definition) is 2. The second kappa shape index (κ2) is 4.70. The monoisotopic (exact) mass is 292 g/mol. The lowest BCUT2D eigenvalue weighted by Crippen LogP contribution is -2.39. The van der Waals surface area contributed by atoms with Gasteiger partial charge in [-0.2, -0.15) is 0 Å². The minimum atomic E-state index is -0.372. The molecule has 0 unspecified atom stereocenters. The van der Waals surface area contributed by atoms with Crippen LogP contribution in [0.4, 0.5) is 10.5 Å². The lowest BCUT2D eigenvalue weighted by atomic mass is 9.95. The van der Waals surface area contributed by atoms with Gasteiger partial charge in [0.05, 0.1) is 5.69 Å². The maximum atomic E-state index is 12.7. The van der Waals surface area contributed by atoms with Gasteiger partial charge in [-0.1, -0.05) is 36.4 Å². The Kier molecular flexibility index (Phi) is 2.79. The number of anilines is 1. The first-order valence-electron chi connectivity index (χ1n) is 7.43. The van der Waals surface area contributed by atoms with Gasteiger partial charge in [0.1, 0.15) is 6.04 Å². The first-order valence-corrected chi connectivity index (χ1v) is 7.43. The van der Waals surface area contributed by atoms with Crippen molar-refractivity contribution in [3.8, 4) is 0 Å². The number of urea groups is 1. The SMILES string of the molecule is Cc1cccc(N2C(=O)[C@H]3Cc4ccccc4CN3C2=O)c1. The molecular formula is C18H16N2O2. The zero-order chi connectivity index (χ0) is 15.3. The van der Waals surface area contributed by atoms with Crippen LogP contribution >= 0.6 is 0 Å². The highest BCUT2D eigenvalue weighted by Gasteiger charge is 2.47. The van der Waals surface area contributed by atoms with E-state index in [-0.39, 0.29) is 18.0 Å². The Morgan fingerprint density at radius 3 is 2.55 bits per heavy atom. The van der Waals surface area contributed by atoms with Crippen LogP contribution < -0.4 is 4.90 Å². The molecule has 2 aromatic rings. The van der Waals surface area contributed by atoms with E-state index in [2.05, 4.69) is 0 Å². The summed E-state index contributed by atoms with van der Waals surface area (Å²) in [5.41, 5.74) is 3.99. The number of hydrogen-bond donors (Lipinski definition) is 0. The fourth-order valence-electron chi connectivity index (χ4n) is 3.32. The van der Waals surface area contributed by atoms with Crippen LogP contribution in [0.3, 0.4) is 0 Å². The molecule has 110 valence electrons. The van der Waals surface area contributed by atoms with Gasteiger partial charge >= 0.3 is 6.03 Å². The summed E-state index contributed by atoms with van der Waals surface area (Å²) in [5.74, 6) is -0.120. The van der Waals surface area contributed by atoms with E-state index in [1.165, 1.54) is 4.90 Å². The van der Waals surface area contributed by atoms with Gasteiger partial charge in [0.2, 0.25) is 0 Å². The highest BCUT2D eigenvalue weighted by molar-refractivity contribution is 6.21. The standard InChI is InChI=1S/C18H16N2O2/c1-12-5-4-8-15(9-12)20-17(21)16-10-13-6-2-3-7-14(13)11-19(16)18(20)22/h2-9,16H,10-11H2,1H3/t16-/m1/s1. The molecule has 2 heterocycles. The molecule has 2 aromatic carbocycles. The number of fused-ring (bicyclic) bond motifs is 2. The Labute approximate surface area is 129 Å². The van der Waals surface area contributed by atoms with Crippen LogP contribution in [0.5, 0.6) is 0 Å². The van der Waals surface area contributed by atoms with Gasteiger partial charge in [0.25, 0.3) is 5.91 Å². The second-order valence-corrected chi connectivity index (χ2v) is 5.91. The topological polar surface area (TPSA) is 40.6 Å². The maximum Gasteiger partial charge on any atom is 0.332 e. The van der Waals surface area contributed by atoms with Crippen LogP contribution in [0, 0.1) is 6.92 Å². The third-order valence-corrected chi connectivity index (χ3v) is 4.45. The maximum absolute atomic E-state index is 12.7. The molecule has 4 rings (SSSR count). The first kappa shape index (κ1) is 13.1. The summed E-state index contributed by atoms with van der Waals surface area (Å²) in [5, 5.41) is 0. The molecule has 0 radical (unpaired) electrons. The smallest absolute Gasteiger partial charge is 0.307 e. The molecule has 0 saturated carbocycles. The van der Waals surface area contributed by atoms with E-state index in [4.69, 9.17) is 0 Å². The summed E-state index contributed by atoms with van der Waals surface area (Å²) >= 11 is 0. The number of nitrogens with zero attached hydrogens (tertiary/aromatic N) is 2. The van der Waals surface area contributed by atoms with Crippen LogP contribution in [-0.2, 0) is 17.8 Å². The van der Waals surface area contributed by atoms with E-state index in [9.17, 15) is 9.59 Å².